The molecule has 0 saturated carbocycles. The average Bonchev–Trinajstić information content (AvgIpc) is 3.33. The second-order valence-electron chi connectivity index (χ2n) is 8.37. The molecule has 0 spiro atoms. The lowest BCUT2D eigenvalue weighted by Crippen LogP contribution is -2.21. The van der Waals surface area contributed by atoms with Crippen LogP contribution in [0.2, 0.25) is 0 Å². The van der Waals surface area contributed by atoms with Gasteiger partial charge >= 0.3 is 5.22 Å². The lowest BCUT2D eigenvalue weighted by atomic mass is 9.91. The molecule has 7 heteroatoms. The van der Waals surface area contributed by atoms with Gasteiger partial charge < -0.3 is 9.52 Å². The zero-order chi connectivity index (χ0) is 20.1. The van der Waals surface area contributed by atoms with Gasteiger partial charge in [-0.05, 0) is 80.2 Å². The van der Waals surface area contributed by atoms with Gasteiger partial charge in [0.15, 0.2) is 5.78 Å². The van der Waals surface area contributed by atoms with Gasteiger partial charge in [-0.25, -0.2) is 13.4 Å². The molecule has 4 rings (SSSR count). The first-order valence-corrected chi connectivity index (χ1v) is 11.4. The first-order valence-electron chi connectivity index (χ1n) is 9.73. The molecule has 0 bridgehead atoms. The Kier molecular flexibility index (Phi) is 4.70. The van der Waals surface area contributed by atoms with Gasteiger partial charge in [-0.2, -0.15) is 0 Å². The van der Waals surface area contributed by atoms with Crippen molar-refractivity contribution in [2.75, 3.05) is 5.75 Å². The Hall–Kier alpha value is -1.99. The van der Waals surface area contributed by atoms with E-state index in [1.807, 2.05) is 0 Å². The Labute approximate surface area is 164 Å². The number of aryl methyl sites for hydroxylation is 2. The molecule has 1 aromatic heterocycles. The fourth-order valence-electron chi connectivity index (χ4n) is 4.35. The molecule has 28 heavy (non-hydrogen) atoms. The SMILES string of the molecule is CC(C)(O)c1coc(S(=O)(=O)CC(=O)Cc2c3c(cc4c2CCC4)CCC3)n1. The van der Waals surface area contributed by atoms with Crippen LogP contribution in [0.5, 0.6) is 0 Å². The van der Waals surface area contributed by atoms with Gasteiger partial charge in [0.25, 0.3) is 0 Å². The molecule has 0 unspecified atom stereocenters. The summed E-state index contributed by atoms with van der Waals surface area (Å²) in [5.74, 6) is -0.991. The molecule has 0 saturated heterocycles. The van der Waals surface area contributed by atoms with Crippen molar-refractivity contribution in [3.05, 3.63) is 45.8 Å². The summed E-state index contributed by atoms with van der Waals surface area (Å²) >= 11 is 0. The molecule has 1 heterocycles. The van der Waals surface area contributed by atoms with Crippen molar-refractivity contribution >= 4 is 15.6 Å². The number of hydrogen-bond donors (Lipinski definition) is 1. The monoisotopic (exact) mass is 403 g/mol. The number of aromatic nitrogens is 1. The zero-order valence-electron chi connectivity index (χ0n) is 16.2. The van der Waals surface area contributed by atoms with Gasteiger partial charge in [-0.15, -0.1) is 0 Å². The molecule has 0 aliphatic heterocycles. The molecule has 2 aliphatic rings. The number of rotatable bonds is 6. The molecule has 0 atom stereocenters. The molecular weight excluding hydrogens is 378 g/mol. The van der Waals surface area contributed by atoms with Crippen LogP contribution in [0.15, 0.2) is 22.0 Å². The summed E-state index contributed by atoms with van der Waals surface area (Å²) in [5.41, 5.74) is 5.04. The third-order valence-electron chi connectivity index (χ3n) is 5.70. The van der Waals surface area contributed by atoms with Crippen LogP contribution in [0.1, 0.15) is 60.2 Å². The summed E-state index contributed by atoms with van der Waals surface area (Å²) < 4.78 is 30.2. The summed E-state index contributed by atoms with van der Waals surface area (Å²) in [6.45, 7) is 2.98. The maximum absolute atomic E-state index is 12.7. The summed E-state index contributed by atoms with van der Waals surface area (Å²) in [4.78, 5) is 16.6. The second kappa shape index (κ2) is 6.81. The quantitative estimate of drug-likeness (QED) is 0.796. The van der Waals surface area contributed by atoms with Gasteiger partial charge in [-0.3, -0.25) is 4.79 Å². The molecule has 150 valence electrons. The van der Waals surface area contributed by atoms with Crippen LogP contribution in [-0.2, 0) is 52.3 Å². The maximum Gasteiger partial charge on any atom is 0.315 e. The minimum Gasteiger partial charge on any atom is -0.436 e. The van der Waals surface area contributed by atoms with E-state index in [9.17, 15) is 18.3 Å². The second-order valence-corrected chi connectivity index (χ2v) is 10.2. The fraction of sp³-hybridized carbons (Fsp3) is 0.524. The molecule has 0 fully saturated rings. The Morgan fingerprint density at radius 2 is 1.75 bits per heavy atom. The predicted molar refractivity (Wildman–Crippen MR) is 103 cm³/mol. The number of oxazole rings is 1. The number of nitrogens with zero attached hydrogens (tertiary/aromatic N) is 1. The van der Waals surface area contributed by atoms with Crippen molar-refractivity contribution in [1.82, 2.24) is 4.98 Å². The highest BCUT2D eigenvalue weighted by atomic mass is 32.2. The largest absolute Gasteiger partial charge is 0.436 e. The molecule has 2 aliphatic carbocycles. The minimum absolute atomic E-state index is 0.122. The molecule has 2 aromatic rings. The minimum atomic E-state index is -3.99. The van der Waals surface area contributed by atoms with E-state index in [-0.39, 0.29) is 17.9 Å². The highest BCUT2D eigenvalue weighted by Gasteiger charge is 2.30. The maximum atomic E-state index is 12.7. The van der Waals surface area contributed by atoms with Gasteiger partial charge in [0, 0.05) is 6.42 Å². The van der Waals surface area contributed by atoms with E-state index in [1.165, 1.54) is 36.1 Å². The van der Waals surface area contributed by atoms with Crippen molar-refractivity contribution in [3.8, 4) is 0 Å². The summed E-state index contributed by atoms with van der Waals surface area (Å²) in [5, 5.41) is 9.43. The standard InChI is InChI=1S/C21H25NO5S/c1-21(2,24)19-11-27-20(22-19)28(25,26)12-15(23)10-18-16-7-3-5-13(16)9-14-6-4-8-17(14)18/h9,11,24H,3-8,10,12H2,1-2H3. The Morgan fingerprint density at radius 1 is 1.14 bits per heavy atom. The van der Waals surface area contributed by atoms with Crippen LogP contribution in [0.3, 0.4) is 0 Å². The Balaban J connectivity index is 1.56. The van der Waals surface area contributed by atoms with E-state index in [2.05, 4.69) is 11.1 Å². The van der Waals surface area contributed by atoms with Gasteiger partial charge in [0.1, 0.15) is 23.3 Å². The van der Waals surface area contributed by atoms with E-state index >= 15 is 0 Å². The lowest BCUT2D eigenvalue weighted by Gasteiger charge is -2.14. The highest BCUT2D eigenvalue weighted by molar-refractivity contribution is 7.91. The van der Waals surface area contributed by atoms with Crippen molar-refractivity contribution in [3.63, 3.8) is 0 Å². The number of benzene rings is 1. The number of carbonyl (C=O) groups excluding carboxylic acids is 1. The zero-order valence-corrected chi connectivity index (χ0v) is 17.1. The van der Waals surface area contributed by atoms with Gasteiger partial charge in [0.05, 0.1) is 0 Å². The third-order valence-corrected chi connectivity index (χ3v) is 7.12. The van der Waals surface area contributed by atoms with Crippen LogP contribution in [-0.4, -0.2) is 30.0 Å². The van der Waals surface area contributed by atoms with Crippen LogP contribution in [0.25, 0.3) is 0 Å². The van der Waals surface area contributed by atoms with Crippen LogP contribution in [0, 0.1) is 0 Å². The van der Waals surface area contributed by atoms with Crippen molar-refractivity contribution in [2.45, 2.75) is 69.6 Å². The first kappa shape index (κ1) is 19.3. The molecule has 0 radical (unpaired) electrons. The number of sulfone groups is 1. The van der Waals surface area contributed by atoms with E-state index in [0.717, 1.165) is 50.4 Å². The number of ketones is 1. The summed E-state index contributed by atoms with van der Waals surface area (Å²) in [6.07, 6.45) is 7.45. The topological polar surface area (TPSA) is 97.5 Å². The molecular formula is C21H25NO5S. The van der Waals surface area contributed by atoms with E-state index in [4.69, 9.17) is 4.42 Å². The number of hydrogen-bond acceptors (Lipinski definition) is 6. The fourth-order valence-corrected chi connectivity index (χ4v) is 5.43. The molecule has 6 nitrogen and oxygen atoms in total. The van der Waals surface area contributed by atoms with Crippen molar-refractivity contribution in [1.29, 1.82) is 0 Å². The molecule has 0 amide bonds. The smallest absolute Gasteiger partial charge is 0.315 e. The number of Topliss-reactive ketones (excluding diaryl/α,β-unsaturated/α-hetero) is 1. The summed E-state index contributed by atoms with van der Waals surface area (Å²) in [6, 6.07) is 2.29. The van der Waals surface area contributed by atoms with Gasteiger partial charge in [-0.1, -0.05) is 6.07 Å². The number of fused-ring (bicyclic) bond motifs is 2. The normalized spacial score (nSPS) is 16.2. The third kappa shape index (κ3) is 3.53. The van der Waals surface area contributed by atoms with Crippen LogP contribution < -0.4 is 0 Å². The lowest BCUT2D eigenvalue weighted by molar-refractivity contribution is -0.116. The first-order chi connectivity index (χ1) is 13.1. The number of aliphatic hydroxyl groups is 1. The van der Waals surface area contributed by atoms with E-state index in [1.54, 1.807) is 0 Å². The average molecular weight is 404 g/mol. The van der Waals surface area contributed by atoms with Gasteiger partial charge in [0.2, 0.25) is 9.84 Å². The highest BCUT2D eigenvalue weighted by Crippen LogP contribution is 2.35. The van der Waals surface area contributed by atoms with Crippen molar-refractivity contribution < 1.29 is 22.7 Å². The van der Waals surface area contributed by atoms with Crippen LogP contribution in [0.4, 0.5) is 0 Å². The van der Waals surface area contributed by atoms with E-state index < -0.39 is 26.4 Å². The summed E-state index contributed by atoms with van der Waals surface area (Å²) in [7, 11) is -3.99. The molecule has 1 aromatic carbocycles. The van der Waals surface area contributed by atoms with Crippen LogP contribution >= 0.6 is 0 Å². The van der Waals surface area contributed by atoms with Crippen molar-refractivity contribution in [2.24, 2.45) is 0 Å². The molecule has 1 N–H and O–H groups in total. The van der Waals surface area contributed by atoms with E-state index in [0.29, 0.717) is 0 Å². The Morgan fingerprint density at radius 3 is 2.29 bits per heavy atom. The number of carbonyl (C=O) groups is 1. The Bertz CT molecular complexity index is 1010. The predicted octanol–water partition coefficient (Wildman–Crippen LogP) is 2.46.